The number of sulfonamides is 1. The lowest BCUT2D eigenvalue weighted by atomic mass is 9.94. The zero-order valence-electron chi connectivity index (χ0n) is 13.6. The van der Waals surface area contributed by atoms with E-state index in [-0.39, 0.29) is 16.8 Å². The van der Waals surface area contributed by atoms with Crippen LogP contribution in [0.25, 0.3) is 0 Å². The van der Waals surface area contributed by atoms with Crippen LogP contribution in [-0.4, -0.2) is 40.5 Å². The summed E-state index contributed by atoms with van der Waals surface area (Å²) in [5, 5.41) is 6.37. The molecule has 0 saturated carbocycles. The Morgan fingerprint density at radius 2 is 2.00 bits per heavy atom. The predicted octanol–water partition coefficient (Wildman–Crippen LogP) is 0.642. The summed E-state index contributed by atoms with van der Waals surface area (Å²) in [5.41, 5.74) is 0.949. The number of carbonyl (C=O) groups excluding carboxylic acids is 1. The smallest absolute Gasteiger partial charge is 0.240 e. The molecule has 0 radical (unpaired) electrons. The average Bonchev–Trinajstić information content (AvgIpc) is 2.55. The van der Waals surface area contributed by atoms with Crippen molar-refractivity contribution < 1.29 is 13.2 Å². The maximum atomic E-state index is 12.1. The second kappa shape index (κ2) is 7.90. The van der Waals surface area contributed by atoms with Gasteiger partial charge in [0, 0.05) is 19.0 Å². The molecule has 0 aromatic heterocycles. The van der Waals surface area contributed by atoms with Gasteiger partial charge in [0.05, 0.1) is 4.90 Å². The average molecular weight is 339 g/mol. The minimum Gasteiger partial charge on any atom is -0.352 e. The van der Waals surface area contributed by atoms with E-state index in [1.54, 1.807) is 24.3 Å². The van der Waals surface area contributed by atoms with Crippen LogP contribution in [-0.2, 0) is 21.2 Å². The van der Waals surface area contributed by atoms with Crippen LogP contribution in [0.15, 0.2) is 29.2 Å². The number of amides is 1. The van der Waals surface area contributed by atoms with Gasteiger partial charge in [0.1, 0.15) is 0 Å². The molecule has 0 bridgehead atoms. The Morgan fingerprint density at radius 1 is 1.30 bits per heavy atom. The summed E-state index contributed by atoms with van der Waals surface area (Å²) in [6.07, 6.45) is 2.08. The maximum absolute atomic E-state index is 12.1. The van der Waals surface area contributed by atoms with E-state index >= 15 is 0 Å². The Bertz CT molecular complexity index is 628. The summed E-state index contributed by atoms with van der Waals surface area (Å²) in [5.74, 6) is 0.531. The molecule has 3 N–H and O–H groups in total. The van der Waals surface area contributed by atoms with Gasteiger partial charge in [0.25, 0.3) is 0 Å². The molecule has 2 unspecified atom stereocenters. The Balaban J connectivity index is 1.84. The van der Waals surface area contributed by atoms with Gasteiger partial charge >= 0.3 is 0 Å². The fourth-order valence-electron chi connectivity index (χ4n) is 2.67. The molecule has 2 atom stereocenters. The molecule has 1 saturated heterocycles. The molecule has 1 aromatic rings. The van der Waals surface area contributed by atoms with Crippen molar-refractivity contribution >= 4 is 15.9 Å². The molecular weight excluding hydrogens is 314 g/mol. The van der Waals surface area contributed by atoms with E-state index in [9.17, 15) is 13.2 Å². The van der Waals surface area contributed by atoms with E-state index in [1.807, 2.05) is 0 Å². The van der Waals surface area contributed by atoms with Gasteiger partial charge in [-0.2, -0.15) is 0 Å². The molecule has 1 heterocycles. The number of benzene rings is 1. The lowest BCUT2D eigenvalue weighted by molar-refractivity contribution is -0.122. The fourth-order valence-corrected chi connectivity index (χ4v) is 3.40. The van der Waals surface area contributed by atoms with Crippen molar-refractivity contribution in [3.63, 3.8) is 0 Å². The molecule has 0 spiro atoms. The summed E-state index contributed by atoms with van der Waals surface area (Å²) >= 11 is 0. The first kappa shape index (κ1) is 17.9. The van der Waals surface area contributed by atoms with Crippen molar-refractivity contribution in [1.82, 2.24) is 15.4 Å². The van der Waals surface area contributed by atoms with Crippen LogP contribution in [0.5, 0.6) is 0 Å². The Labute approximate surface area is 138 Å². The summed E-state index contributed by atoms with van der Waals surface area (Å²) in [6, 6.07) is 6.82. The molecule has 1 amide bonds. The van der Waals surface area contributed by atoms with Crippen molar-refractivity contribution in [2.24, 2.45) is 5.92 Å². The molecule has 23 heavy (non-hydrogen) atoms. The van der Waals surface area contributed by atoms with Gasteiger partial charge in [-0.05, 0) is 50.0 Å². The first-order chi connectivity index (χ1) is 10.9. The first-order valence-electron chi connectivity index (χ1n) is 7.95. The zero-order chi connectivity index (χ0) is 16.9. The fraction of sp³-hybridized carbons (Fsp3) is 0.562. The number of rotatable bonds is 6. The monoisotopic (exact) mass is 339 g/mol. The molecule has 128 valence electrons. The van der Waals surface area contributed by atoms with E-state index in [4.69, 9.17) is 0 Å². The zero-order valence-corrected chi connectivity index (χ0v) is 14.4. The van der Waals surface area contributed by atoms with Gasteiger partial charge in [-0.3, -0.25) is 4.79 Å². The largest absolute Gasteiger partial charge is 0.352 e. The molecule has 2 rings (SSSR count). The van der Waals surface area contributed by atoms with Crippen molar-refractivity contribution in [3.05, 3.63) is 29.8 Å². The number of carbonyl (C=O) groups is 1. The third-order valence-electron chi connectivity index (χ3n) is 4.32. The highest BCUT2D eigenvalue weighted by molar-refractivity contribution is 7.89. The van der Waals surface area contributed by atoms with Crippen LogP contribution in [0.3, 0.4) is 0 Å². The number of nitrogens with one attached hydrogen (secondary N) is 3. The third-order valence-corrected chi connectivity index (χ3v) is 5.75. The van der Waals surface area contributed by atoms with Crippen LogP contribution < -0.4 is 15.4 Å². The second-order valence-corrected chi connectivity index (χ2v) is 7.88. The van der Waals surface area contributed by atoms with E-state index in [0.29, 0.717) is 18.8 Å². The number of hydrogen-bond donors (Lipinski definition) is 3. The lowest BCUT2D eigenvalue weighted by Gasteiger charge is -2.30. The van der Waals surface area contributed by atoms with Crippen LogP contribution in [0, 0.1) is 5.92 Å². The molecule has 0 aliphatic carbocycles. The number of hydrogen-bond acceptors (Lipinski definition) is 4. The Kier molecular flexibility index (Phi) is 6.15. The Hall–Kier alpha value is -1.44. The van der Waals surface area contributed by atoms with Crippen LogP contribution >= 0.6 is 0 Å². The van der Waals surface area contributed by atoms with Crippen molar-refractivity contribution in [2.45, 2.75) is 37.1 Å². The minimum absolute atomic E-state index is 0.0393. The van der Waals surface area contributed by atoms with Crippen molar-refractivity contribution in [1.29, 1.82) is 0 Å². The first-order valence-corrected chi connectivity index (χ1v) is 9.43. The highest BCUT2D eigenvalue weighted by Crippen LogP contribution is 2.13. The van der Waals surface area contributed by atoms with Gasteiger partial charge in [0.2, 0.25) is 15.9 Å². The van der Waals surface area contributed by atoms with Gasteiger partial charge in [0.15, 0.2) is 0 Å². The van der Waals surface area contributed by atoms with Gasteiger partial charge in [-0.15, -0.1) is 0 Å². The predicted molar refractivity (Wildman–Crippen MR) is 89.6 cm³/mol. The van der Waals surface area contributed by atoms with Crippen LogP contribution in [0.2, 0.25) is 0 Å². The minimum atomic E-state index is -3.41. The van der Waals surface area contributed by atoms with E-state index in [2.05, 4.69) is 22.3 Å². The topological polar surface area (TPSA) is 87.3 Å². The molecule has 6 nitrogen and oxygen atoms in total. The summed E-state index contributed by atoms with van der Waals surface area (Å²) in [4.78, 5) is 12.3. The SMILES string of the molecule is CNS(=O)(=O)c1ccc(CCC(=O)NC2CNCCC2C)cc1. The third kappa shape index (κ3) is 5.02. The molecule has 1 aliphatic heterocycles. The van der Waals surface area contributed by atoms with Gasteiger partial charge in [-0.1, -0.05) is 19.1 Å². The second-order valence-electron chi connectivity index (χ2n) is 6.00. The molecular formula is C16H25N3O3S. The summed E-state index contributed by atoms with van der Waals surface area (Å²) < 4.78 is 25.6. The molecule has 1 aromatic carbocycles. The summed E-state index contributed by atoms with van der Waals surface area (Å²) in [6.45, 7) is 3.99. The van der Waals surface area contributed by atoms with Crippen LogP contribution in [0.4, 0.5) is 0 Å². The number of aryl methyl sites for hydroxylation is 1. The van der Waals surface area contributed by atoms with Gasteiger partial charge < -0.3 is 10.6 Å². The summed E-state index contributed by atoms with van der Waals surface area (Å²) in [7, 11) is -2.02. The standard InChI is InChI=1S/C16H25N3O3S/c1-12-9-10-18-11-15(12)19-16(20)8-5-13-3-6-14(7-4-13)23(21,22)17-2/h3-4,6-7,12,15,17-18H,5,8-11H2,1-2H3,(H,19,20). The molecule has 1 fully saturated rings. The molecule has 7 heteroatoms. The highest BCUT2D eigenvalue weighted by atomic mass is 32.2. The lowest BCUT2D eigenvalue weighted by Crippen LogP contribution is -2.50. The maximum Gasteiger partial charge on any atom is 0.240 e. The van der Waals surface area contributed by atoms with E-state index < -0.39 is 10.0 Å². The normalized spacial score (nSPS) is 21.8. The quantitative estimate of drug-likeness (QED) is 0.710. The number of piperidine rings is 1. The van der Waals surface area contributed by atoms with Crippen LogP contribution in [0.1, 0.15) is 25.3 Å². The van der Waals surface area contributed by atoms with Crippen molar-refractivity contribution in [2.75, 3.05) is 20.1 Å². The van der Waals surface area contributed by atoms with E-state index in [1.165, 1.54) is 7.05 Å². The highest BCUT2D eigenvalue weighted by Gasteiger charge is 2.22. The van der Waals surface area contributed by atoms with Gasteiger partial charge in [-0.25, -0.2) is 13.1 Å². The molecule has 1 aliphatic rings. The van der Waals surface area contributed by atoms with Crippen molar-refractivity contribution in [3.8, 4) is 0 Å². The van der Waals surface area contributed by atoms with E-state index in [0.717, 1.165) is 25.1 Å². The Morgan fingerprint density at radius 3 is 2.61 bits per heavy atom.